The fourth-order valence-corrected chi connectivity index (χ4v) is 1.29. The smallest absolute Gasteiger partial charge is 0.264 e. The minimum atomic E-state index is -3.33. The van der Waals surface area contributed by atoms with Gasteiger partial charge in [-0.3, -0.25) is 4.18 Å². The fraction of sp³-hybridized carbons (Fsp3) is 1.00. The van der Waals surface area contributed by atoms with Crippen molar-refractivity contribution in [3.05, 3.63) is 0 Å². The molecule has 0 bridgehead atoms. The van der Waals surface area contributed by atoms with E-state index in [1.54, 1.807) is 0 Å². The Hall–Kier alpha value is -0.170. The minimum Gasteiger partial charge on any atom is -0.355 e. The van der Waals surface area contributed by atoms with Gasteiger partial charge >= 0.3 is 0 Å². The summed E-state index contributed by atoms with van der Waals surface area (Å²) in [4.78, 5) is 0. The summed E-state index contributed by atoms with van der Waals surface area (Å²) < 4.78 is 35.6. The van der Waals surface area contributed by atoms with Crippen molar-refractivity contribution < 1.29 is 22.1 Å². The molecule has 0 amide bonds. The van der Waals surface area contributed by atoms with Crippen LogP contribution < -0.4 is 0 Å². The average Bonchev–Trinajstić information content (AvgIpc) is 2.02. The quantitative estimate of drug-likeness (QED) is 0.574. The second-order valence-electron chi connectivity index (χ2n) is 2.71. The van der Waals surface area contributed by atoms with Gasteiger partial charge < -0.3 is 9.47 Å². The predicted octanol–water partition coefficient (Wildman–Crippen LogP) is -0.417. The van der Waals surface area contributed by atoms with Gasteiger partial charge in [-0.2, -0.15) is 8.42 Å². The van der Waals surface area contributed by atoms with E-state index in [1.807, 2.05) is 0 Å². The Morgan fingerprint density at radius 2 is 2.00 bits per heavy atom. The third-order valence-corrected chi connectivity index (χ3v) is 1.96. The Morgan fingerprint density at radius 3 is 2.50 bits per heavy atom. The van der Waals surface area contributed by atoms with Crippen molar-refractivity contribution in [3.63, 3.8) is 0 Å². The molecule has 6 heteroatoms. The number of hydrogen-bond acceptors (Lipinski definition) is 5. The highest BCUT2D eigenvalue weighted by atomic mass is 32.2. The number of rotatable bonds is 3. The first-order valence-corrected chi connectivity index (χ1v) is 5.39. The highest BCUT2D eigenvalue weighted by molar-refractivity contribution is 7.85. The molecule has 0 radical (unpaired) electrons. The van der Waals surface area contributed by atoms with Gasteiger partial charge in [0.1, 0.15) is 6.79 Å². The molecular weight excluding hydrogens is 184 g/mol. The number of hydrogen-bond donors (Lipinski definition) is 0. The lowest BCUT2D eigenvalue weighted by atomic mass is 10.2. The molecule has 1 fully saturated rings. The van der Waals surface area contributed by atoms with Crippen molar-refractivity contribution in [2.75, 3.05) is 32.9 Å². The molecule has 0 aromatic carbocycles. The summed E-state index contributed by atoms with van der Waals surface area (Å²) in [6.07, 6.45) is 1.03. The van der Waals surface area contributed by atoms with E-state index in [-0.39, 0.29) is 19.3 Å². The van der Waals surface area contributed by atoms with Crippen molar-refractivity contribution in [2.45, 2.75) is 0 Å². The Bertz CT molecular complexity index is 216. The van der Waals surface area contributed by atoms with Crippen molar-refractivity contribution in [2.24, 2.45) is 5.92 Å². The lowest BCUT2D eigenvalue weighted by Crippen LogP contribution is -2.28. The highest BCUT2D eigenvalue weighted by Gasteiger charge is 2.16. The molecule has 1 saturated heterocycles. The third kappa shape index (κ3) is 4.01. The molecule has 0 aromatic heterocycles. The molecule has 0 atom stereocenters. The summed E-state index contributed by atoms with van der Waals surface area (Å²) in [5.41, 5.74) is 0. The van der Waals surface area contributed by atoms with E-state index in [1.165, 1.54) is 0 Å². The van der Waals surface area contributed by atoms with Crippen molar-refractivity contribution >= 4 is 10.1 Å². The lowest BCUT2D eigenvalue weighted by molar-refractivity contribution is -0.131. The van der Waals surface area contributed by atoms with Crippen LogP contribution in [0.5, 0.6) is 0 Å². The first-order chi connectivity index (χ1) is 5.58. The predicted molar refractivity (Wildman–Crippen MR) is 41.1 cm³/mol. The van der Waals surface area contributed by atoms with Crippen LogP contribution in [0.15, 0.2) is 0 Å². The standard InChI is InChI=1S/C6H12O5S/c1-12(7,8)11-4-6-2-9-5-10-3-6/h6H,2-5H2,1H3. The van der Waals surface area contributed by atoms with E-state index in [9.17, 15) is 8.42 Å². The Kier molecular flexibility index (Phi) is 3.45. The molecule has 1 aliphatic rings. The van der Waals surface area contributed by atoms with Gasteiger partial charge in [0.25, 0.3) is 10.1 Å². The zero-order valence-corrected chi connectivity index (χ0v) is 7.67. The average molecular weight is 196 g/mol. The largest absolute Gasteiger partial charge is 0.355 e. The lowest BCUT2D eigenvalue weighted by Gasteiger charge is -2.21. The molecule has 0 saturated carbocycles. The van der Waals surface area contributed by atoms with Crippen LogP contribution >= 0.6 is 0 Å². The molecule has 0 aromatic rings. The SMILES string of the molecule is CS(=O)(=O)OCC1COCOC1. The van der Waals surface area contributed by atoms with Gasteiger partial charge in [0, 0.05) is 5.92 Å². The van der Waals surface area contributed by atoms with Crippen LogP contribution in [0.1, 0.15) is 0 Å². The topological polar surface area (TPSA) is 61.8 Å². The van der Waals surface area contributed by atoms with E-state index in [0.29, 0.717) is 13.2 Å². The molecule has 0 N–H and O–H groups in total. The van der Waals surface area contributed by atoms with Crippen LogP contribution in [0, 0.1) is 5.92 Å². The van der Waals surface area contributed by atoms with Crippen molar-refractivity contribution in [3.8, 4) is 0 Å². The normalized spacial score (nSPS) is 21.1. The molecular formula is C6H12O5S. The Balaban J connectivity index is 2.22. The van der Waals surface area contributed by atoms with E-state index < -0.39 is 10.1 Å². The van der Waals surface area contributed by atoms with Crippen molar-refractivity contribution in [1.29, 1.82) is 0 Å². The maximum atomic E-state index is 10.6. The van der Waals surface area contributed by atoms with Gasteiger partial charge in [0.2, 0.25) is 0 Å². The summed E-state index contributed by atoms with van der Waals surface area (Å²) in [5, 5.41) is 0. The molecule has 0 aliphatic carbocycles. The van der Waals surface area contributed by atoms with E-state index in [0.717, 1.165) is 6.26 Å². The third-order valence-electron chi connectivity index (χ3n) is 1.39. The Labute approximate surface area is 71.7 Å². The van der Waals surface area contributed by atoms with E-state index >= 15 is 0 Å². The van der Waals surface area contributed by atoms with Crippen LogP contribution in [-0.2, 0) is 23.8 Å². The van der Waals surface area contributed by atoms with Crippen LogP contribution in [-0.4, -0.2) is 41.3 Å². The van der Waals surface area contributed by atoms with E-state index in [2.05, 4.69) is 4.18 Å². The Morgan fingerprint density at radius 1 is 1.42 bits per heavy atom. The zero-order chi connectivity index (χ0) is 9.03. The van der Waals surface area contributed by atoms with Crippen LogP contribution in [0.25, 0.3) is 0 Å². The second-order valence-corrected chi connectivity index (χ2v) is 4.36. The monoisotopic (exact) mass is 196 g/mol. The van der Waals surface area contributed by atoms with Gasteiger partial charge in [-0.1, -0.05) is 0 Å². The molecule has 0 unspecified atom stereocenters. The maximum Gasteiger partial charge on any atom is 0.264 e. The molecule has 0 spiro atoms. The molecule has 12 heavy (non-hydrogen) atoms. The summed E-state index contributed by atoms with van der Waals surface area (Å²) in [6, 6.07) is 0. The summed E-state index contributed by atoms with van der Waals surface area (Å²) in [6.45, 7) is 1.42. The van der Waals surface area contributed by atoms with Gasteiger partial charge in [-0.15, -0.1) is 0 Å². The van der Waals surface area contributed by atoms with Gasteiger partial charge in [-0.05, 0) is 0 Å². The van der Waals surface area contributed by atoms with Crippen molar-refractivity contribution in [1.82, 2.24) is 0 Å². The highest BCUT2D eigenvalue weighted by Crippen LogP contribution is 2.06. The summed E-state index contributed by atoms with van der Waals surface area (Å²) >= 11 is 0. The van der Waals surface area contributed by atoms with E-state index in [4.69, 9.17) is 9.47 Å². The zero-order valence-electron chi connectivity index (χ0n) is 6.86. The first-order valence-electron chi connectivity index (χ1n) is 3.58. The second kappa shape index (κ2) is 4.18. The fourth-order valence-electron chi connectivity index (χ4n) is 0.853. The summed E-state index contributed by atoms with van der Waals surface area (Å²) in [5.74, 6) is 0.0217. The molecule has 1 heterocycles. The maximum absolute atomic E-state index is 10.6. The molecule has 1 aliphatic heterocycles. The molecule has 72 valence electrons. The first kappa shape index (κ1) is 9.91. The van der Waals surface area contributed by atoms with Gasteiger partial charge in [-0.25, -0.2) is 0 Å². The molecule has 5 nitrogen and oxygen atoms in total. The van der Waals surface area contributed by atoms with Gasteiger partial charge in [0.15, 0.2) is 0 Å². The molecule has 1 rings (SSSR count). The van der Waals surface area contributed by atoms with Crippen LogP contribution in [0.2, 0.25) is 0 Å². The van der Waals surface area contributed by atoms with Crippen LogP contribution in [0.3, 0.4) is 0 Å². The summed E-state index contributed by atoms with van der Waals surface area (Å²) in [7, 11) is -3.33. The minimum absolute atomic E-state index is 0.0217. The van der Waals surface area contributed by atoms with Gasteiger partial charge in [0.05, 0.1) is 26.1 Å². The van der Waals surface area contributed by atoms with Crippen LogP contribution in [0.4, 0.5) is 0 Å². The number of ether oxygens (including phenoxy) is 2.